The summed E-state index contributed by atoms with van der Waals surface area (Å²) >= 11 is 0. The van der Waals surface area contributed by atoms with Crippen molar-refractivity contribution in [1.82, 2.24) is 24.6 Å². The Bertz CT molecular complexity index is 1460. The van der Waals surface area contributed by atoms with Crippen LogP contribution >= 0.6 is 0 Å². The minimum atomic E-state index is -4.79. The number of hydrogen-bond donors (Lipinski definition) is 1. The van der Waals surface area contributed by atoms with Gasteiger partial charge in [0.05, 0.1) is 29.4 Å². The van der Waals surface area contributed by atoms with Crippen molar-refractivity contribution >= 4 is 15.9 Å². The second-order valence-electron chi connectivity index (χ2n) is 8.56. The number of halogens is 6. The van der Waals surface area contributed by atoms with E-state index in [1.165, 1.54) is 13.0 Å². The highest BCUT2D eigenvalue weighted by Gasteiger charge is 2.49. The van der Waals surface area contributed by atoms with Gasteiger partial charge in [0, 0.05) is 34.5 Å². The number of amides is 1. The van der Waals surface area contributed by atoms with Gasteiger partial charge in [0.2, 0.25) is 21.8 Å². The van der Waals surface area contributed by atoms with E-state index in [0.717, 1.165) is 47.2 Å². The minimum Gasteiger partial charge on any atom is -0.349 e. The first-order chi connectivity index (χ1) is 18.3. The van der Waals surface area contributed by atoms with Gasteiger partial charge in [0.25, 0.3) is 0 Å². The fourth-order valence-corrected chi connectivity index (χ4v) is 5.88. The SMILES string of the molecule is C[C@H]1[C@H](F)C[C@@H](C(=O)NCc2cc(-c3cnc(C(F)(F)F)nc3)c(OF)cn2)N1S(=O)(=O)c1ccc(F)cc1. The molecule has 3 atom stereocenters. The van der Waals surface area contributed by atoms with Crippen LogP contribution in [0.3, 0.4) is 0 Å². The highest BCUT2D eigenvalue weighted by Crippen LogP contribution is 2.34. The van der Waals surface area contributed by atoms with E-state index in [-0.39, 0.29) is 28.3 Å². The lowest BCUT2D eigenvalue weighted by atomic mass is 10.1. The summed E-state index contributed by atoms with van der Waals surface area (Å²) in [7, 11) is -4.38. The lowest BCUT2D eigenvalue weighted by molar-refractivity contribution is -0.145. The molecule has 1 saturated heterocycles. The molecular formula is C23H19F6N5O4S. The summed E-state index contributed by atoms with van der Waals surface area (Å²) in [5.74, 6) is -3.41. The van der Waals surface area contributed by atoms with Gasteiger partial charge in [-0.2, -0.15) is 17.5 Å². The number of carbonyl (C=O) groups is 1. The number of hydrogen-bond acceptors (Lipinski definition) is 7. The second-order valence-corrected chi connectivity index (χ2v) is 10.4. The molecule has 2 aromatic heterocycles. The molecule has 0 bridgehead atoms. The van der Waals surface area contributed by atoms with Crippen LogP contribution in [0.5, 0.6) is 5.75 Å². The molecule has 3 aromatic rings. The minimum absolute atomic E-state index is 0.0490. The van der Waals surface area contributed by atoms with Gasteiger partial charge in [-0.3, -0.25) is 14.7 Å². The Morgan fingerprint density at radius 3 is 2.36 bits per heavy atom. The number of benzene rings is 1. The Balaban J connectivity index is 1.54. The maximum atomic E-state index is 14.6. The van der Waals surface area contributed by atoms with Crippen molar-refractivity contribution in [2.45, 2.75) is 49.2 Å². The molecule has 208 valence electrons. The zero-order valence-corrected chi connectivity index (χ0v) is 20.7. The van der Waals surface area contributed by atoms with Gasteiger partial charge in [0.15, 0.2) is 5.75 Å². The van der Waals surface area contributed by atoms with Gasteiger partial charge in [-0.1, -0.05) is 0 Å². The molecular weight excluding hydrogens is 556 g/mol. The largest absolute Gasteiger partial charge is 0.451 e. The normalized spacial score (nSPS) is 20.1. The van der Waals surface area contributed by atoms with E-state index in [1.54, 1.807) is 0 Å². The van der Waals surface area contributed by atoms with E-state index in [9.17, 15) is 39.7 Å². The smallest absolute Gasteiger partial charge is 0.349 e. The van der Waals surface area contributed by atoms with Gasteiger partial charge < -0.3 is 5.32 Å². The summed E-state index contributed by atoms with van der Waals surface area (Å²) in [5.41, 5.74) is -0.0498. The molecule has 16 heteroatoms. The monoisotopic (exact) mass is 575 g/mol. The highest BCUT2D eigenvalue weighted by atomic mass is 32.2. The van der Waals surface area contributed by atoms with Gasteiger partial charge >= 0.3 is 6.18 Å². The molecule has 1 amide bonds. The summed E-state index contributed by atoms with van der Waals surface area (Å²) < 4.78 is 106. The Morgan fingerprint density at radius 2 is 1.77 bits per heavy atom. The zero-order valence-electron chi connectivity index (χ0n) is 19.9. The van der Waals surface area contributed by atoms with Crippen LogP contribution in [0, 0.1) is 5.82 Å². The van der Waals surface area contributed by atoms with Crippen molar-refractivity contribution in [3.05, 3.63) is 66.3 Å². The third kappa shape index (κ3) is 5.80. The van der Waals surface area contributed by atoms with Gasteiger partial charge in [-0.05, 0) is 37.3 Å². The molecule has 39 heavy (non-hydrogen) atoms. The van der Waals surface area contributed by atoms with E-state index in [4.69, 9.17) is 0 Å². The Kier molecular flexibility index (Phi) is 7.79. The van der Waals surface area contributed by atoms with Crippen molar-refractivity contribution in [3.63, 3.8) is 0 Å². The molecule has 1 N–H and O–H groups in total. The van der Waals surface area contributed by atoms with Crippen LogP contribution in [-0.4, -0.2) is 51.8 Å². The van der Waals surface area contributed by atoms with E-state index in [1.807, 2.05) is 0 Å². The maximum Gasteiger partial charge on any atom is 0.451 e. The molecule has 0 aliphatic carbocycles. The standard InChI is InChI=1S/C23H19F6N5O4S/c1-12-18(25)7-19(34(12)39(36,37)16-4-2-14(24)3-5-16)21(35)31-10-15-6-17(20(38-29)11-30-15)13-8-32-22(33-9-13)23(26,27)28/h2-6,8-9,11-12,18-19H,7,10H2,1H3,(H,31,35)/t12-,18+,19-/m0/s1. The van der Waals surface area contributed by atoms with E-state index >= 15 is 0 Å². The first-order valence-corrected chi connectivity index (χ1v) is 12.6. The quantitative estimate of drug-likeness (QED) is 0.427. The lowest BCUT2D eigenvalue weighted by Gasteiger charge is -2.26. The third-order valence-corrected chi connectivity index (χ3v) is 8.05. The van der Waals surface area contributed by atoms with Gasteiger partial charge in [-0.25, -0.2) is 27.2 Å². The van der Waals surface area contributed by atoms with E-state index < -0.39 is 64.2 Å². The van der Waals surface area contributed by atoms with Crippen molar-refractivity contribution in [2.75, 3.05) is 0 Å². The molecule has 3 heterocycles. The third-order valence-electron chi connectivity index (χ3n) is 6.04. The Hall–Kier alpha value is -3.79. The fourth-order valence-electron chi connectivity index (χ4n) is 4.07. The van der Waals surface area contributed by atoms with Crippen molar-refractivity contribution in [2.24, 2.45) is 0 Å². The summed E-state index contributed by atoms with van der Waals surface area (Å²) in [6.07, 6.45) is -4.38. The fraction of sp³-hybridized carbons (Fsp3) is 0.304. The number of pyridine rings is 1. The number of nitrogens with zero attached hydrogens (tertiary/aromatic N) is 4. The van der Waals surface area contributed by atoms with Crippen molar-refractivity contribution in [1.29, 1.82) is 0 Å². The van der Waals surface area contributed by atoms with Crippen molar-refractivity contribution in [3.8, 4) is 16.9 Å². The first kappa shape index (κ1) is 28.2. The maximum absolute atomic E-state index is 14.6. The number of nitrogens with one attached hydrogen (secondary N) is 1. The molecule has 1 fully saturated rings. The first-order valence-electron chi connectivity index (χ1n) is 11.2. The Labute approximate surface area is 217 Å². The molecule has 0 saturated carbocycles. The van der Waals surface area contributed by atoms with E-state index in [0.29, 0.717) is 0 Å². The molecule has 0 spiro atoms. The number of carbonyl (C=O) groups excluding carboxylic acids is 1. The van der Waals surface area contributed by atoms with Crippen LogP contribution in [0.4, 0.5) is 26.5 Å². The average molecular weight is 575 g/mol. The number of sulfonamides is 1. The number of rotatable bonds is 7. The van der Waals surface area contributed by atoms with Gasteiger partial charge in [0.1, 0.15) is 18.0 Å². The summed E-state index contributed by atoms with van der Waals surface area (Å²) in [6.45, 7) is 0.959. The van der Waals surface area contributed by atoms with E-state index in [2.05, 4.69) is 25.2 Å². The average Bonchev–Trinajstić information content (AvgIpc) is 3.21. The lowest BCUT2D eigenvalue weighted by Crippen LogP contribution is -2.48. The van der Waals surface area contributed by atoms with Crippen LogP contribution < -0.4 is 10.3 Å². The Morgan fingerprint density at radius 1 is 1.13 bits per heavy atom. The predicted molar refractivity (Wildman–Crippen MR) is 122 cm³/mol. The molecule has 1 aliphatic rings. The van der Waals surface area contributed by atoms with Crippen LogP contribution in [-0.2, 0) is 27.5 Å². The molecule has 1 aromatic carbocycles. The highest BCUT2D eigenvalue weighted by molar-refractivity contribution is 7.89. The summed E-state index contributed by atoms with van der Waals surface area (Å²) in [4.78, 5) is 26.7. The molecule has 1 aliphatic heterocycles. The molecule has 4 rings (SSSR count). The summed E-state index contributed by atoms with van der Waals surface area (Å²) in [6, 6.07) is 2.41. The van der Waals surface area contributed by atoms with Crippen molar-refractivity contribution < 1.29 is 44.6 Å². The topological polar surface area (TPSA) is 114 Å². The summed E-state index contributed by atoms with van der Waals surface area (Å²) in [5, 5.41) is 2.44. The van der Waals surface area contributed by atoms with Crippen LogP contribution in [0.2, 0.25) is 0 Å². The predicted octanol–water partition coefficient (Wildman–Crippen LogP) is 3.77. The number of aromatic nitrogens is 3. The number of alkyl halides is 4. The van der Waals surface area contributed by atoms with Crippen LogP contribution in [0.15, 0.2) is 53.8 Å². The zero-order chi connectivity index (χ0) is 28.5. The second kappa shape index (κ2) is 10.8. The molecule has 0 radical (unpaired) electrons. The van der Waals surface area contributed by atoms with Crippen LogP contribution in [0.25, 0.3) is 11.1 Å². The molecule has 9 nitrogen and oxygen atoms in total. The van der Waals surface area contributed by atoms with Crippen LogP contribution in [0.1, 0.15) is 24.9 Å². The van der Waals surface area contributed by atoms with Gasteiger partial charge in [-0.15, -0.1) is 0 Å². The molecule has 0 unspecified atom stereocenters.